The number of nitrogens with zero attached hydrogens (tertiary/aromatic N) is 2. The molecule has 1 atom stereocenters. The van der Waals surface area contributed by atoms with Crippen LogP contribution in [0.15, 0.2) is 39.8 Å². The minimum Gasteiger partial charge on any atom is -0.338 e. The van der Waals surface area contributed by atoms with Crippen LogP contribution in [-0.4, -0.2) is 30.8 Å². The zero-order valence-electron chi connectivity index (χ0n) is 15.1. The average Bonchev–Trinajstić information content (AvgIpc) is 3.14. The van der Waals surface area contributed by atoms with E-state index in [4.69, 9.17) is 16.1 Å². The summed E-state index contributed by atoms with van der Waals surface area (Å²) >= 11 is 5.84. The lowest BCUT2D eigenvalue weighted by molar-refractivity contribution is -0.119. The van der Waals surface area contributed by atoms with Crippen LogP contribution in [0, 0.1) is 0 Å². The van der Waals surface area contributed by atoms with E-state index in [1.54, 1.807) is 6.07 Å². The van der Waals surface area contributed by atoms with Crippen LogP contribution in [0.3, 0.4) is 0 Å². The molecule has 0 spiro atoms. The van der Waals surface area contributed by atoms with Crippen LogP contribution in [0.5, 0.6) is 0 Å². The second kappa shape index (κ2) is 6.09. The van der Waals surface area contributed by atoms with Crippen molar-refractivity contribution in [2.24, 2.45) is 0 Å². The molecule has 1 amide bonds. The van der Waals surface area contributed by atoms with E-state index < -0.39 is 20.5 Å². The number of sulfone groups is 1. The highest BCUT2D eigenvalue weighted by Crippen LogP contribution is 2.38. The maximum Gasteiger partial charge on any atom is 0.251 e. The van der Waals surface area contributed by atoms with Gasteiger partial charge in [-0.3, -0.25) is 9.69 Å². The third-order valence-electron chi connectivity index (χ3n) is 4.76. The van der Waals surface area contributed by atoms with Crippen molar-refractivity contribution in [3.05, 3.63) is 41.0 Å². The molecule has 1 aliphatic heterocycles. The number of rotatable bonds is 3. The van der Waals surface area contributed by atoms with Crippen LogP contribution < -0.4 is 4.90 Å². The molecular formula is C18H21ClN2O4S. The van der Waals surface area contributed by atoms with Gasteiger partial charge in [-0.15, -0.1) is 0 Å². The molecule has 0 bridgehead atoms. The smallest absolute Gasteiger partial charge is 0.251 e. The highest BCUT2D eigenvalue weighted by Gasteiger charge is 2.54. The van der Waals surface area contributed by atoms with E-state index in [0.29, 0.717) is 10.7 Å². The highest BCUT2D eigenvalue weighted by molar-refractivity contribution is 7.93. The second-order valence-electron chi connectivity index (χ2n) is 7.70. The minimum atomic E-state index is -3.88. The Bertz CT molecular complexity index is 944. The van der Waals surface area contributed by atoms with E-state index in [1.165, 1.54) is 36.1 Å². The second-order valence-corrected chi connectivity index (χ2v) is 10.5. The van der Waals surface area contributed by atoms with Crippen molar-refractivity contribution in [2.75, 3.05) is 11.4 Å². The van der Waals surface area contributed by atoms with Gasteiger partial charge in [-0.05, 0) is 37.6 Å². The summed E-state index contributed by atoms with van der Waals surface area (Å²) in [6.45, 7) is 7.65. The fourth-order valence-electron chi connectivity index (χ4n) is 2.90. The van der Waals surface area contributed by atoms with Crippen LogP contribution in [0.1, 0.15) is 39.8 Å². The zero-order valence-corrected chi connectivity index (χ0v) is 16.7. The first-order valence-electron chi connectivity index (χ1n) is 8.26. The summed E-state index contributed by atoms with van der Waals surface area (Å²) in [5.41, 5.74) is 0.470. The van der Waals surface area contributed by atoms with E-state index >= 15 is 0 Å². The van der Waals surface area contributed by atoms with Crippen molar-refractivity contribution < 1.29 is 17.7 Å². The Labute approximate surface area is 158 Å². The molecule has 6 nitrogen and oxygen atoms in total. The van der Waals surface area contributed by atoms with E-state index in [2.05, 4.69) is 5.16 Å². The topological polar surface area (TPSA) is 80.5 Å². The van der Waals surface area contributed by atoms with Gasteiger partial charge >= 0.3 is 0 Å². The molecule has 8 heteroatoms. The molecule has 26 heavy (non-hydrogen) atoms. The fourth-order valence-corrected chi connectivity index (χ4v) is 4.74. The number of carbonyl (C=O) groups excluding carboxylic acids is 1. The van der Waals surface area contributed by atoms with Gasteiger partial charge in [-0.25, -0.2) is 8.42 Å². The van der Waals surface area contributed by atoms with E-state index in [1.807, 2.05) is 20.8 Å². The molecule has 1 saturated heterocycles. The van der Waals surface area contributed by atoms with Crippen molar-refractivity contribution in [2.45, 2.75) is 49.2 Å². The first-order chi connectivity index (χ1) is 12.0. The molecule has 1 aliphatic rings. The van der Waals surface area contributed by atoms with Crippen LogP contribution in [0.4, 0.5) is 5.88 Å². The maximum atomic E-state index is 13.1. The highest BCUT2D eigenvalue weighted by atomic mass is 35.5. The summed E-state index contributed by atoms with van der Waals surface area (Å²) in [7, 11) is -3.88. The Kier molecular flexibility index (Phi) is 4.43. The molecule has 1 unspecified atom stereocenters. The Morgan fingerprint density at radius 3 is 2.38 bits per heavy atom. The van der Waals surface area contributed by atoms with Gasteiger partial charge in [0.15, 0.2) is 14.6 Å². The summed E-state index contributed by atoms with van der Waals surface area (Å²) in [5.74, 6) is -0.237. The number of amides is 1. The molecule has 1 fully saturated rings. The monoisotopic (exact) mass is 396 g/mol. The van der Waals surface area contributed by atoms with Gasteiger partial charge in [0.2, 0.25) is 5.88 Å². The Balaban J connectivity index is 1.94. The predicted molar refractivity (Wildman–Crippen MR) is 99.2 cm³/mol. The van der Waals surface area contributed by atoms with Gasteiger partial charge in [0, 0.05) is 23.0 Å². The van der Waals surface area contributed by atoms with Crippen LogP contribution in [-0.2, 0) is 20.0 Å². The first kappa shape index (κ1) is 18.9. The Morgan fingerprint density at radius 2 is 1.85 bits per heavy atom. The van der Waals surface area contributed by atoms with Gasteiger partial charge < -0.3 is 4.52 Å². The molecule has 140 valence electrons. The number of benzene rings is 1. The average molecular weight is 397 g/mol. The van der Waals surface area contributed by atoms with Crippen molar-refractivity contribution in [1.82, 2.24) is 5.16 Å². The summed E-state index contributed by atoms with van der Waals surface area (Å²) in [5, 5.41) is 4.45. The molecule has 1 aromatic heterocycles. The molecule has 0 saturated carbocycles. The lowest BCUT2D eigenvalue weighted by Crippen LogP contribution is -2.44. The summed E-state index contributed by atoms with van der Waals surface area (Å²) in [6, 6.07) is 7.54. The van der Waals surface area contributed by atoms with Crippen molar-refractivity contribution >= 4 is 33.2 Å². The Hall–Kier alpha value is -1.86. The first-order valence-corrected chi connectivity index (χ1v) is 10.1. The fraction of sp³-hybridized carbons (Fsp3) is 0.444. The lowest BCUT2D eigenvalue weighted by Gasteiger charge is -2.22. The van der Waals surface area contributed by atoms with Crippen molar-refractivity contribution in [1.29, 1.82) is 0 Å². The normalized spacial score (nSPS) is 21.4. The molecule has 0 N–H and O–H groups in total. The van der Waals surface area contributed by atoms with Gasteiger partial charge in [-0.2, -0.15) is 0 Å². The number of anilines is 1. The number of aromatic nitrogens is 1. The molecule has 0 radical (unpaired) electrons. The van der Waals surface area contributed by atoms with Crippen LogP contribution in [0.2, 0.25) is 5.02 Å². The summed E-state index contributed by atoms with van der Waals surface area (Å²) in [6.07, 6.45) is 0.169. The third-order valence-corrected chi connectivity index (χ3v) is 7.47. The van der Waals surface area contributed by atoms with Crippen LogP contribution >= 0.6 is 11.6 Å². The van der Waals surface area contributed by atoms with Gasteiger partial charge in [0.1, 0.15) is 0 Å². The van der Waals surface area contributed by atoms with E-state index in [9.17, 15) is 13.2 Å². The molecule has 2 aromatic rings. The summed E-state index contributed by atoms with van der Waals surface area (Å²) < 4.78 is 29.9. The maximum absolute atomic E-state index is 13.1. The number of hydrogen-bond acceptors (Lipinski definition) is 5. The number of carbonyl (C=O) groups is 1. The SMILES string of the molecule is CC(C)(C)c1cc(N2CCC(C)(S(=O)(=O)c3ccc(Cl)cc3)C2=O)on1. The number of halogens is 1. The quantitative estimate of drug-likeness (QED) is 0.791. The molecule has 2 heterocycles. The van der Waals surface area contributed by atoms with Gasteiger partial charge in [0.05, 0.1) is 10.6 Å². The minimum absolute atomic E-state index is 0.0764. The molecule has 1 aromatic carbocycles. The van der Waals surface area contributed by atoms with Gasteiger partial charge in [-0.1, -0.05) is 37.5 Å². The third kappa shape index (κ3) is 2.93. The van der Waals surface area contributed by atoms with Crippen molar-refractivity contribution in [3.63, 3.8) is 0 Å². The molecule has 3 rings (SSSR count). The molecular weight excluding hydrogens is 376 g/mol. The van der Waals surface area contributed by atoms with Crippen LogP contribution in [0.25, 0.3) is 0 Å². The largest absolute Gasteiger partial charge is 0.338 e. The van der Waals surface area contributed by atoms with Gasteiger partial charge in [0.25, 0.3) is 5.91 Å². The number of hydrogen-bond donors (Lipinski definition) is 0. The van der Waals surface area contributed by atoms with Crippen molar-refractivity contribution in [3.8, 4) is 0 Å². The standard InChI is InChI=1S/C18H21ClN2O4S/c1-17(2,3)14-11-15(25-20-14)21-10-9-18(4,16(21)22)26(23,24)13-7-5-12(19)6-8-13/h5-8,11H,9-10H2,1-4H3. The van der Waals surface area contributed by atoms with E-state index in [0.717, 1.165) is 0 Å². The van der Waals surface area contributed by atoms with E-state index in [-0.39, 0.29) is 29.2 Å². The lowest BCUT2D eigenvalue weighted by atomic mass is 9.92. The zero-order chi connectivity index (χ0) is 19.3. The summed E-state index contributed by atoms with van der Waals surface area (Å²) in [4.78, 5) is 14.4. The Morgan fingerprint density at radius 1 is 1.23 bits per heavy atom. The predicted octanol–water partition coefficient (Wildman–Crippen LogP) is 3.59. The molecule has 0 aliphatic carbocycles.